The Morgan fingerprint density at radius 2 is 1.83 bits per heavy atom. The van der Waals surface area contributed by atoms with Crippen molar-refractivity contribution in [2.24, 2.45) is 0 Å². The predicted octanol–water partition coefficient (Wildman–Crippen LogP) is 6.54. The maximum absolute atomic E-state index is 13.5. The van der Waals surface area contributed by atoms with Crippen molar-refractivity contribution in [3.05, 3.63) is 102 Å². The Bertz CT molecular complexity index is 1320. The number of hydrogen-bond donors (Lipinski definition) is 0. The zero-order valence-corrected chi connectivity index (χ0v) is 19.7. The van der Waals surface area contributed by atoms with Crippen LogP contribution in [-0.2, 0) is 0 Å². The molecule has 3 nitrogen and oxygen atoms in total. The van der Waals surface area contributed by atoms with Gasteiger partial charge in [0.2, 0.25) is 0 Å². The van der Waals surface area contributed by atoms with Crippen LogP contribution in [0.3, 0.4) is 0 Å². The van der Waals surface area contributed by atoms with Crippen molar-refractivity contribution in [3.63, 3.8) is 0 Å². The second-order valence-corrected chi connectivity index (χ2v) is 9.11. The number of fused-ring (bicyclic) bond motifs is 1. The minimum Gasteiger partial charge on any atom is -0.268 e. The van der Waals surface area contributed by atoms with Gasteiger partial charge >= 0.3 is 0 Å². The first kappa shape index (κ1) is 20.0. The SMILES string of the molecule is Cc1ccc(-n2c(/C=C/c3cccc(Br)c3)nc3ccc(I)cc3c2=O)c(C)c1. The molecule has 0 amide bonds. The zero-order valence-electron chi connectivity index (χ0n) is 16.0. The molecule has 0 atom stereocenters. The molecule has 4 rings (SSSR count). The van der Waals surface area contributed by atoms with Gasteiger partial charge in [-0.25, -0.2) is 4.98 Å². The Morgan fingerprint density at radius 3 is 2.59 bits per heavy atom. The number of halogens is 2. The van der Waals surface area contributed by atoms with Crippen molar-refractivity contribution >= 4 is 61.6 Å². The standard InChI is InChI=1S/C24H18BrIN2O/c1-15-6-10-22(16(2)12-15)28-23(11-7-17-4-3-5-18(25)13-17)27-21-9-8-19(26)14-20(21)24(28)29/h3-14H,1-2H3/b11-7+. The van der Waals surface area contributed by atoms with Gasteiger partial charge in [-0.2, -0.15) is 0 Å². The summed E-state index contributed by atoms with van der Waals surface area (Å²) < 4.78 is 3.73. The minimum absolute atomic E-state index is 0.0608. The van der Waals surface area contributed by atoms with Crippen LogP contribution in [0.5, 0.6) is 0 Å². The minimum atomic E-state index is -0.0608. The number of benzene rings is 3. The van der Waals surface area contributed by atoms with E-state index in [4.69, 9.17) is 4.98 Å². The lowest BCUT2D eigenvalue weighted by molar-refractivity contribution is 0.933. The van der Waals surface area contributed by atoms with Crippen LogP contribution in [0.4, 0.5) is 0 Å². The molecule has 1 heterocycles. The smallest absolute Gasteiger partial charge is 0.266 e. The molecule has 0 fully saturated rings. The molecule has 3 aromatic carbocycles. The molecule has 29 heavy (non-hydrogen) atoms. The third-order valence-electron chi connectivity index (χ3n) is 4.72. The summed E-state index contributed by atoms with van der Waals surface area (Å²) in [7, 11) is 0. The fourth-order valence-electron chi connectivity index (χ4n) is 3.36. The second kappa shape index (κ2) is 8.24. The van der Waals surface area contributed by atoms with Crippen molar-refractivity contribution < 1.29 is 0 Å². The van der Waals surface area contributed by atoms with E-state index in [-0.39, 0.29) is 5.56 Å². The van der Waals surface area contributed by atoms with Crippen LogP contribution in [0.1, 0.15) is 22.5 Å². The van der Waals surface area contributed by atoms with Crippen LogP contribution < -0.4 is 5.56 Å². The van der Waals surface area contributed by atoms with Crippen molar-refractivity contribution in [1.29, 1.82) is 0 Å². The second-order valence-electron chi connectivity index (χ2n) is 6.95. The maximum Gasteiger partial charge on any atom is 0.266 e. The third kappa shape index (κ3) is 4.21. The molecule has 4 aromatic rings. The highest BCUT2D eigenvalue weighted by molar-refractivity contribution is 14.1. The lowest BCUT2D eigenvalue weighted by Crippen LogP contribution is -2.23. The third-order valence-corrected chi connectivity index (χ3v) is 5.89. The van der Waals surface area contributed by atoms with Gasteiger partial charge in [0.15, 0.2) is 0 Å². The number of hydrogen-bond acceptors (Lipinski definition) is 2. The highest BCUT2D eigenvalue weighted by Crippen LogP contribution is 2.21. The Hall–Kier alpha value is -2.25. The van der Waals surface area contributed by atoms with Crippen LogP contribution in [-0.4, -0.2) is 9.55 Å². The number of aromatic nitrogens is 2. The van der Waals surface area contributed by atoms with Crippen LogP contribution in [0.15, 0.2) is 69.9 Å². The summed E-state index contributed by atoms with van der Waals surface area (Å²) in [6.07, 6.45) is 3.88. The molecule has 0 aliphatic carbocycles. The molecule has 0 spiro atoms. The van der Waals surface area contributed by atoms with Crippen LogP contribution in [0.2, 0.25) is 0 Å². The Labute approximate surface area is 191 Å². The first-order valence-electron chi connectivity index (χ1n) is 9.16. The van der Waals surface area contributed by atoms with Crippen LogP contribution >= 0.6 is 38.5 Å². The molecule has 0 aliphatic rings. The quantitative estimate of drug-likeness (QED) is 0.269. The lowest BCUT2D eigenvalue weighted by atomic mass is 10.1. The summed E-state index contributed by atoms with van der Waals surface area (Å²) in [5.74, 6) is 0.607. The van der Waals surface area contributed by atoms with Gasteiger partial charge in [-0.15, -0.1) is 0 Å². The largest absolute Gasteiger partial charge is 0.268 e. The van der Waals surface area contributed by atoms with Crippen LogP contribution in [0, 0.1) is 17.4 Å². The fourth-order valence-corrected chi connectivity index (χ4v) is 4.27. The summed E-state index contributed by atoms with van der Waals surface area (Å²) in [6.45, 7) is 4.07. The van der Waals surface area contributed by atoms with E-state index in [1.54, 1.807) is 4.57 Å². The molecule has 0 radical (unpaired) electrons. The van der Waals surface area contributed by atoms with Gasteiger partial charge in [-0.1, -0.05) is 51.8 Å². The molecule has 0 N–H and O–H groups in total. The van der Waals surface area contributed by atoms with Gasteiger partial charge in [0.25, 0.3) is 5.56 Å². The molecule has 0 unspecified atom stereocenters. The van der Waals surface area contributed by atoms with E-state index in [0.29, 0.717) is 16.7 Å². The van der Waals surface area contributed by atoms with Gasteiger partial charge < -0.3 is 0 Å². The normalized spacial score (nSPS) is 11.4. The van der Waals surface area contributed by atoms with Crippen molar-refractivity contribution in [1.82, 2.24) is 9.55 Å². The Kier molecular flexibility index (Phi) is 5.69. The number of nitrogens with zero attached hydrogens (tertiary/aromatic N) is 2. The lowest BCUT2D eigenvalue weighted by Gasteiger charge is -2.14. The molecule has 0 saturated carbocycles. The summed E-state index contributed by atoms with van der Waals surface area (Å²) in [4.78, 5) is 18.3. The molecular formula is C24H18BrIN2O. The van der Waals surface area contributed by atoms with Gasteiger partial charge in [-0.05, 0) is 90.0 Å². The van der Waals surface area contributed by atoms with E-state index in [1.807, 2.05) is 73.7 Å². The number of aryl methyl sites for hydroxylation is 2. The molecule has 0 saturated heterocycles. The summed E-state index contributed by atoms with van der Waals surface area (Å²) >= 11 is 5.73. The molecule has 1 aromatic heterocycles. The van der Waals surface area contributed by atoms with Crippen molar-refractivity contribution in [3.8, 4) is 5.69 Å². The average Bonchev–Trinajstić information content (AvgIpc) is 2.68. The maximum atomic E-state index is 13.5. The van der Waals surface area contributed by atoms with Gasteiger partial charge in [0.1, 0.15) is 5.82 Å². The van der Waals surface area contributed by atoms with Crippen molar-refractivity contribution in [2.45, 2.75) is 13.8 Å². The first-order valence-corrected chi connectivity index (χ1v) is 11.0. The molecule has 144 valence electrons. The topological polar surface area (TPSA) is 34.9 Å². The Balaban J connectivity index is 1.99. The van der Waals surface area contributed by atoms with Gasteiger partial charge in [0.05, 0.1) is 16.6 Å². The van der Waals surface area contributed by atoms with E-state index in [0.717, 1.165) is 30.4 Å². The van der Waals surface area contributed by atoms with Gasteiger partial charge in [0, 0.05) is 8.04 Å². The van der Waals surface area contributed by atoms with Crippen molar-refractivity contribution in [2.75, 3.05) is 0 Å². The van der Waals surface area contributed by atoms with E-state index < -0.39 is 0 Å². The first-order chi connectivity index (χ1) is 13.9. The van der Waals surface area contributed by atoms with E-state index >= 15 is 0 Å². The van der Waals surface area contributed by atoms with Gasteiger partial charge in [-0.3, -0.25) is 9.36 Å². The van der Waals surface area contributed by atoms with E-state index in [9.17, 15) is 4.79 Å². The molecular weight excluding hydrogens is 539 g/mol. The summed E-state index contributed by atoms with van der Waals surface area (Å²) in [5, 5.41) is 0.622. The number of rotatable bonds is 3. The van der Waals surface area contributed by atoms with E-state index in [2.05, 4.69) is 51.5 Å². The molecule has 0 aliphatic heterocycles. The average molecular weight is 557 g/mol. The molecule has 0 bridgehead atoms. The predicted molar refractivity (Wildman–Crippen MR) is 133 cm³/mol. The van der Waals surface area contributed by atoms with Crippen LogP contribution in [0.25, 0.3) is 28.7 Å². The highest BCUT2D eigenvalue weighted by atomic mass is 127. The summed E-state index contributed by atoms with van der Waals surface area (Å²) in [6, 6.07) is 19.9. The Morgan fingerprint density at radius 1 is 1.00 bits per heavy atom. The highest BCUT2D eigenvalue weighted by Gasteiger charge is 2.13. The fraction of sp³-hybridized carbons (Fsp3) is 0.0833. The zero-order chi connectivity index (χ0) is 20.5. The summed E-state index contributed by atoms with van der Waals surface area (Å²) in [5.41, 5.74) is 4.72. The van der Waals surface area contributed by atoms with E-state index in [1.165, 1.54) is 0 Å². The monoisotopic (exact) mass is 556 g/mol. The molecule has 5 heteroatoms.